The monoisotopic (exact) mass is 366 g/mol. The largest absolute Gasteiger partial charge is 0.465 e. The molecule has 0 aliphatic carbocycles. The van der Waals surface area contributed by atoms with Crippen molar-refractivity contribution in [3.05, 3.63) is 58.3 Å². The summed E-state index contributed by atoms with van der Waals surface area (Å²) in [5.41, 5.74) is 3.66. The summed E-state index contributed by atoms with van der Waals surface area (Å²) in [6, 6.07) is 7.77. The van der Waals surface area contributed by atoms with E-state index in [1.807, 2.05) is 31.2 Å². The van der Waals surface area contributed by atoms with Crippen LogP contribution in [0, 0.1) is 20.8 Å². The van der Waals surface area contributed by atoms with E-state index in [1.165, 1.54) is 12.0 Å². The van der Waals surface area contributed by atoms with Gasteiger partial charge in [-0.15, -0.1) is 0 Å². The third-order valence-electron chi connectivity index (χ3n) is 4.61. The van der Waals surface area contributed by atoms with Crippen LogP contribution in [-0.2, 0) is 11.3 Å². The minimum Gasteiger partial charge on any atom is -0.465 e. The normalized spacial score (nSPS) is 10.9. The molecule has 0 aliphatic heterocycles. The molecule has 0 atom stereocenters. The molecule has 0 aliphatic rings. The fourth-order valence-corrected chi connectivity index (χ4v) is 3.21. The lowest BCUT2D eigenvalue weighted by Crippen LogP contribution is -2.28. The summed E-state index contributed by atoms with van der Waals surface area (Å²) >= 11 is 0. The molecule has 3 rings (SSSR count). The molecule has 2 aromatic heterocycles. The molecule has 1 aromatic carbocycles. The smallest absolute Gasteiger partial charge is 0.339 e. The Balaban J connectivity index is 1.88. The summed E-state index contributed by atoms with van der Waals surface area (Å²) in [6.45, 7) is 5.66. The number of aromatic nitrogens is 3. The first kappa shape index (κ1) is 18.6. The molecule has 0 radical (unpaired) electrons. The minimum absolute atomic E-state index is 0.236. The molecule has 0 saturated carbocycles. The van der Waals surface area contributed by atoms with E-state index in [0.717, 1.165) is 16.6 Å². The van der Waals surface area contributed by atoms with Crippen molar-refractivity contribution in [1.82, 2.24) is 19.9 Å². The van der Waals surface area contributed by atoms with Crippen molar-refractivity contribution < 1.29 is 14.3 Å². The fourth-order valence-electron chi connectivity index (χ4n) is 3.21. The summed E-state index contributed by atoms with van der Waals surface area (Å²) < 4.78 is 4.80. The SMILES string of the molecule is COC(=O)c1c(C)[nH]c(C(=O)N(C)Cc2nc(C)c3ccccc3n2)c1C. The number of hydrogen-bond acceptors (Lipinski definition) is 5. The number of benzene rings is 1. The van der Waals surface area contributed by atoms with Crippen LogP contribution in [0.25, 0.3) is 10.9 Å². The molecule has 27 heavy (non-hydrogen) atoms. The highest BCUT2D eigenvalue weighted by molar-refractivity contribution is 6.00. The Hall–Kier alpha value is -3.22. The van der Waals surface area contributed by atoms with Crippen molar-refractivity contribution >= 4 is 22.8 Å². The summed E-state index contributed by atoms with van der Waals surface area (Å²) in [6.07, 6.45) is 0. The number of nitrogens with zero attached hydrogens (tertiary/aromatic N) is 3. The quantitative estimate of drug-likeness (QED) is 0.717. The van der Waals surface area contributed by atoms with Gasteiger partial charge in [-0.3, -0.25) is 4.79 Å². The molecule has 1 N–H and O–H groups in total. The first-order chi connectivity index (χ1) is 12.8. The van der Waals surface area contributed by atoms with Crippen LogP contribution in [0.5, 0.6) is 0 Å². The van der Waals surface area contributed by atoms with Crippen molar-refractivity contribution in [1.29, 1.82) is 0 Å². The topological polar surface area (TPSA) is 88.2 Å². The zero-order chi connectivity index (χ0) is 19.7. The number of carbonyl (C=O) groups is 2. The number of hydrogen-bond donors (Lipinski definition) is 1. The lowest BCUT2D eigenvalue weighted by atomic mass is 10.1. The molecule has 140 valence electrons. The van der Waals surface area contributed by atoms with Gasteiger partial charge in [0.05, 0.1) is 24.7 Å². The van der Waals surface area contributed by atoms with Gasteiger partial charge in [-0.05, 0) is 32.4 Å². The Morgan fingerprint density at radius 3 is 2.56 bits per heavy atom. The van der Waals surface area contributed by atoms with Crippen molar-refractivity contribution in [2.45, 2.75) is 27.3 Å². The standard InChI is InChI=1S/C20H22N4O3/c1-11-17(20(26)27-5)13(3)22-18(11)19(25)24(4)10-16-21-12(2)14-8-6-7-9-15(14)23-16/h6-9,22H,10H2,1-5H3. The number of fused-ring (bicyclic) bond motifs is 1. The maximum Gasteiger partial charge on any atom is 0.339 e. The van der Waals surface area contributed by atoms with Crippen molar-refractivity contribution in [3.8, 4) is 0 Å². The highest BCUT2D eigenvalue weighted by Crippen LogP contribution is 2.21. The predicted molar refractivity (Wildman–Crippen MR) is 102 cm³/mol. The van der Waals surface area contributed by atoms with Crippen molar-refractivity contribution in [3.63, 3.8) is 0 Å². The number of rotatable bonds is 4. The number of methoxy groups -OCH3 is 1. The number of nitrogens with one attached hydrogen (secondary N) is 1. The van der Waals surface area contributed by atoms with Gasteiger partial charge in [-0.25, -0.2) is 14.8 Å². The Labute approximate surface area is 157 Å². The Morgan fingerprint density at radius 1 is 1.15 bits per heavy atom. The molecule has 0 fully saturated rings. The second-order valence-corrected chi connectivity index (χ2v) is 6.52. The van der Waals surface area contributed by atoms with Gasteiger partial charge >= 0.3 is 5.97 Å². The molecule has 0 unspecified atom stereocenters. The molecule has 1 amide bonds. The van der Waals surface area contributed by atoms with E-state index in [1.54, 1.807) is 20.9 Å². The van der Waals surface area contributed by atoms with E-state index in [9.17, 15) is 9.59 Å². The third-order valence-corrected chi connectivity index (χ3v) is 4.61. The van der Waals surface area contributed by atoms with Crippen LogP contribution in [-0.4, -0.2) is 45.9 Å². The average Bonchev–Trinajstić information content (AvgIpc) is 2.94. The number of esters is 1. The molecule has 2 heterocycles. The van der Waals surface area contributed by atoms with Gasteiger partial charge in [0, 0.05) is 23.8 Å². The van der Waals surface area contributed by atoms with E-state index in [2.05, 4.69) is 15.0 Å². The third kappa shape index (κ3) is 3.40. The molecule has 0 spiro atoms. The van der Waals surface area contributed by atoms with Crippen LogP contribution in [0.1, 0.15) is 43.6 Å². The van der Waals surface area contributed by atoms with Gasteiger partial charge in [-0.2, -0.15) is 0 Å². The number of aromatic amines is 1. The zero-order valence-corrected chi connectivity index (χ0v) is 16.1. The van der Waals surface area contributed by atoms with Gasteiger partial charge < -0.3 is 14.6 Å². The molecule has 3 aromatic rings. The number of para-hydroxylation sites is 1. The van der Waals surface area contributed by atoms with E-state index in [4.69, 9.17) is 4.74 Å². The Bertz CT molecular complexity index is 1040. The van der Waals surface area contributed by atoms with E-state index in [-0.39, 0.29) is 12.5 Å². The van der Waals surface area contributed by atoms with E-state index < -0.39 is 5.97 Å². The molecular formula is C20H22N4O3. The van der Waals surface area contributed by atoms with Gasteiger partial charge in [0.25, 0.3) is 5.91 Å². The molecule has 0 saturated heterocycles. The van der Waals surface area contributed by atoms with Gasteiger partial charge in [-0.1, -0.05) is 18.2 Å². The Kier molecular flexibility index (Phi) is 4.94. The molecule has 0 bridgehead atoms. The Morgan fingerprint density at radius 2 is 1.85 bits per heavy atom. The van der Waals surface area contributed by atoms with Gasteiger partial charge in [0.15, 0.2) is 0 Å². The highest BCUT2D eigenvalue weighted by atomic mass is 16.5. The average molecular weight is 366 g/mol. The van der Waals surface area contributed by atoms with Crippen LogP contribution in [0.3, 0.4) is 0 Å². The van der Waals surface area contributed by atoms with Gasteiger partial charge in [0.2, 0.25) is 0 Å². The first-order valence-corrected chi connectivity index (χ1v) is 8.58. The molecule has 7 heteroatoms. The van der Waals surface area contributed by atoms with E-state index in [0.29, 0.717) is 28.3 Å². The van der Waals surface area contributed by atoms with Crippen LogP contribution in [0.4, 0.5) is 0 Å². The molecular weight excluding hydrogens is 344 g/mol. The van der Waals surface area contributed by atoms with Crippen molar-refractivity contribution in [2.75, 3.05) is 14.2 Å². The van der Waals surface area contributed by atoms with Gasteiger partial charge in [0.1, 0.15) is 11.5 Å². The lowest BCUT2D eigenvalue weighted by Gasteiger charge is -2.17. The zero-order valence-electron chi connectivity index (χ0n) is 16.1. The highest BCUT2D eigenvalue weighted by Gasteiger charge is 2.24. The van der Waals surface area contributed by atoms with Crippen LogP contribution >= 0.6 is 0 Å². The van der Waals surface area contributed by atoms with Crippen LogP contribution in [0.15, 0.2) is 24.3 Å². The van der Waals surface area contributed by atoms with Crippen LogP contribution in [0.2, 0.25) is 0 Å². The second-order valence-electron chi connectivity index (χ2n) is 6.52. The number of ether oxygens (including phenoxy) is 1. The number of aryl methyl sites for hydroxylation is 2. The maximum atomic E-state index is 12.9. The fraction of sp³-hybridized carbons (Fsp3) is 0.300. The number of amides is 1. The molecule has 7 nitrogen and oxygen atoms in total. The summed E-state index contributed by atoms with van der Waals surface area (Å²) in [5.74, 6) is -0.132. The van der Waals surface area contributed by atoms with Crippen LogP contribution < -0.4 is 0 Å². The minimum atomic E-state index is -0.462. The number of carbonyl (C=O) groups excluding carboxylic acids is 2. The summed E-state index contributed by atoms with van der Waals surface area (Å²) in [5, 5.41) is 0.994. The number of H-pyrrole nitrogens is 1. The summed E-state index contributed by atoms with van der Waals surface area (Å²) in [4.78, 5) is 38.4. The maximum absolute atomic E-state index is 12.9. The summed E-state index contributed by atoms with van der Waals surface area (Å²) in [7, 11) is 3.00. The predicted octanol–water partition coefficient (Wildman–Crippen LogP) is 2.94. The van der Waals surface area contributed by atoms with E-state index >= 15 is 0 Å². The first-order valence-electron chi connectivity index (χ1n) is 8.58. The second kappa shape index (κ2) is 7.19. The lowest BCUT2D eigenvalue weighted by molar-refractivity contribution is 0.0599. The van der Waals surface area contributed by atoms with Crippen molar-refractivity contribution in [2.24, 2.45) is 0 Å².